The fourth-order valence-corrected chi connectivity index (χ4v) is 1.23. The van der Waals surface area contributed by atoms with Crippen molar-refractivity contribution in [3.05, 3.63) is 23.3 Å². The summed E-state index contributed by atoms with van der Waals surface area (Å²) in [6.07, 6.45) is 7.66. The Hall–Kier alpha value is -0.890. The van der Waals surface area contributed by atoms with Gasteiger partial charge in [0.15, 0.2) is 0 Å². The van der Waals surface area contributed by atoms with Gasteiger partial charge in [0, 0.05) is 6.42 Å². The lowest BCUT2D eigenvalue weighted by molar-refractivity contribution is -0.116. The van der Waals surface area contributed by atoms with Crippen LogP contribution in [0.4, 0.5) is 0 Å². The summed E-state index contributed by atoms with van der Waals surface area (Å²) in [5.74, 6) is 0.245. The molecule has 0 bridgehead atoms. The van der Waals surface area contributed by atoms with Crippen LogP contribution in [0.15, 0.2) is 23.3 Å². The lowest BCUT2D eigenvalue weighted by Crippen LogP contribution is -1.88. The number of allylic oxidation sites excluding steroid dienone is 3. The molecular weight excluding hydrogens is 188 g/mol. The van der Waals surface area contributed by atoms with Gasteiger partial charge in [0.2, 0.25) is 0 Å². The summed E-state index contributed by atoms with van der Waals surface area (Å²) in [6, 6.07) is 0. The quantitative estimate of drug-likeness (QED) is 0.656. The summed E-state index contributed by atoms with van der Waals surface area (Å²) in [5.41, 5.74) is 2.34. The fourth-order valence-electron chi connectivity index (χ4n) is 1.23. The van der Waals surface area contributed by atoms with Crippen molar-refractivity contribution in [3.8, 4) is 0 Å². The molecule has 1 N–H and O–H groups in total. The minimum Gasteiger partial charge on any atom is -0.392 e. The molecule has 15 heavy (non-hydrogen) atoms. The van der Waals surface area contributed by atoms with Crippen LogP contribution in [0.25, 0.3) is 0 Å². The Balaban J connectivity index is 3.73. The molecule has 0 heterocycles. The lowest BCUT2D eigenvalue weighted by Gasteiger charge is -1.99. The first-order chi connectivity index (χ1) is 7.06. The summed E-state index contributed by atoms with van der Waals surface area (Å²) in [6.45, 7) is 5.78. The molecule has 0 unspecified atom stereocenters. The largest absolute Gasteiger partial charge is 0.392 e. The van der Waals surface area contributed by atoms with Gasteiger partial charge >= 0.3 is 0 Å². The summed E-state index contributed by atoms with van der Waals surface area (Å²) >= 11 is 0. The summed E-state index contributed by atoms with van der Waals surface area (Å²) in [7, 11) is 0. The van der Waals surface area contributed by atoms with Gasteiger partial charge in [0.1, 0.15) is 5.78 Å². The third kappa shape index (κ3) is 9.42. The maximum Gasteiger partial charge on any atom is 0.130 e. The topological polar surface area (TPSA) is 37.3 Å². The number of hydrogen-bond donors (Lipinski definition) is 1. The number of hydrogen-bond acceptors (Lipinski definition) is 2. The lowest BCUT2D eigenvalue weighted by atomic mass is 10.1. The highest BCUT2D eigenvalue weighted by atomic mass is 16.3. The number of carbonyl (C=O) groups is 1. The smallest absolute Gasteiger partial charge is 0.130 e. The molecule has 0 radical (unpaired) electrons. The summed E-state index contributed by atoms with van der Waals surface area (Å²) < 4.78 is 0. The molecule has 0 aromatic carbocycles. The van der Waals surface area contributed by atoms with E-state index < -0.39 is 0 Å². The Morgan fingerprint density at radius 1 is 1.00 bits per heavy atom. The molecule has 0 amide bonds. The number of Topliss-reactive ketones (excluding diaryl/α,β-unsaturated/α-hetero) is 1. The van der Waals surface area contributed by atoms with Crippen LogP contribution in [0.5, 0.6) is 0 Å². The maximum absolute atomic E-state index is 10.7. The van der Waals surface area contributed by atoms with Crippen LogP contribution >= 0.6 is 0 Å². The van der Waals surface area contributed by atoms with E-state index in [9.17, 15) is 4.79 Å². The normalized spacial score (nSPS) is 13.1. The van der Waals surface area contributed by atoms with Crippen molar-refractivity contribution in [1.82, 2.24) is 0 Å². The van der Waals surface area contributed by atoms with E-state index in [1.807, 2.05) is 6.92 Å². The van der Waals surface area contributed by atoms with Gasteiger partial charge in [-0.1, -0.05) is 23.3 Å². The van der Waals surface area contributed by atoms with E-state index in [0.717, 1.165) is 24.8 Å². The summed E-state index contributed by atoms with van der Waals surface area (Å²) in [4.78, 5) is 10.7. The monoisotopic (exact) mass is 210 g/mol. The van der Waals surface area contributed by atoms with Gasteiger partial charge in [-0.05, 0) is 40.0 Å². The third-order valence-electron chi connectivity index (χ3n) is 2.27. The molecule has 86 valence electrons. The van der Waals surface area contributed by atoms with Gasteiger partial charge in [-0.2, -0.15) is 0 Å². The van der Waals surface area contributed by atoms with Crippen molar-refractivity contribution in [1.29, 1.82) is 0 Å². The first-order valence-corrected chi connectivity index (χ1v) is 5.47. The maximum atomic E-state index is 10.7. The first kappa shape index (κ1) is 14.1. The number of rotatable bonds is 7. The van der Waals surface area contributed by atoms with Crippen LogP contribution < -0.4 is 0 Å². The van der Waals surface area contributed by atoms with E-state index in [1.54, 1.807) is 6.92 Å². The van der Waals surface area contributed by atoms with E-state index in [-0.39, 0.29) is 12.4 Å². The van der Waals surface area contributed by atoms with Gasteiger partial charge < -0.3 is 9.90 Å². The van der Waals surface area contributed by atoms with Crippen LogP contribution in [-0.2, 0) is 4.79 Å². The molecular formula is C13H22O2. The molecule has 0 aromatic heterocycles. The van der Waals surface area contributed by atoms with Gasteiger partial charge in [-0.3, -0.25) is 0 Å². The minimum atomic E-state index is 0.146. The third-order valence-corrected chi connectivity index (χ3v) is 2.27. The van der Waals surface area contributed by atoms with Gasteiger partial charge in [-0.15, -0.1) is 0 Å². The molecule has 0 aliphatic rings. The van der Waals surface area contributed by atoms with E-state index in [1.165, 1.54) is 5.57 Å². The van der Waals surface area contributed by atoms with Crippen LogP contribution in [0.1, 0.15) is 46.5 Å². The molecule has 0 aliphatic heterocycles. The molecule has 0 atom stereocenters. The Kier molecular flexibility index (Phi) is 7.92. The van der Waals surface area contributed by atoms with E-state index in [0.29, 0.717) is 6.42 Å². The van der Waals surface area contributed by atoms with Crippen LogP contribution in [0.3, 0.4) is 0 Å². The zero-order chi connectivity index (χ0) is 11.7. The molecule has 0 rings (SSSR count). The number of ketones is 1. The zero-order valence-electron chi connectivity index (χ0n) is 10.0. The molecule has 2 nitrogen and oxygen atoms in total. The molecule has 0 spiro atoms. The second-order valence-corrected chi connectivity index (χ2v) is 4.04. The second kappa shape index (κ2) is 8.42. The zero-order valence-corrected chi connectivity index (χ0v) is 10.0. The molecule has 0 saturated heterocycles. The van der Waals surface area contributed by atoms with Gasteiger partial charge in [0.25, 0.3) is 0 Å². The van der Waals surface area contributed by atoms with Crippen molar-refractivity contribution < 1.29 is 9.90 Å². The molecule has 2 heteroatoms. The van der Waals surface area contributed by atoms with E-state index >= 15 is 0 Å². The Labute approximate surface area is 92.7 Å². The minimum absolute atomic E-state index is 0.146. The first-order valence-electron chi connectivity index (χ1n) is 5.47. The molecule has 0 aromatic rings. The number of carbonyl (C=O) groups excluding carboxylic acids is 1. The van der Waals surface area contributed by atoms with Crippen molar-refractivity contribution in [2.24, 2.45) is 0 Å². The predicted molar refractivity (Wildman–Crippen MR) is 63.7 cm³/mol. The van der Waals surface area contributed by atoms with Crippen molar-refractivity contribution in [3.63, 3.8) is 0 Å². The highest BCUT2D eigenvalue weighted by molar-refractivity contribution is 5.75. The number of aliphatic hydroxyl groups excluding tert-OH is 1. The van der Waals surface area contributed by atoms with Gasteiger partial charge in [0.05, 0.1) is 6.61 Å². The highest BCUT2D eigenvalue weighted by Gasteiger charge is 1.92. The Bertz CT molecular complexity index is 249. The standard InChI is InChI=1S/C13H22O2/c1-11(7-5-9-13(3)15)6-4-8-12(2)10-14/h7-8,14H,4-6,9-10H2,1-3H3. The highest BCUT2D eigenvalue weighted by Crippen LogP contribution is 2.08. The second-order valence-electron chi connectivity index (χ2n) is 4.04. The van der Waals surface area contributed by atoms with Crippen LogP contribution in [0, 0.1) is 0 Å². The van der Waals surface area contributed by atoms with Crippen LogP contribution in [0.2, 0.25) is 0 Å². The molecule has 0 saturated carbocycles. The Morgan fingerprint density at radius 3 is 2.07 bits per heavy atom. The van der Waals surface area contributed by atoms with Crippen molar-refractivity contribution >= 4 is 5.78 Å². The van der Waals surface area contributed by atoms with E-state index in [2.05, 4.69) is 19.1 Å². The summed E-state index contributed by atoms with van der Waals surface area (Å²) in [5, 5.41) is 8.78. The fraction of sp³-hybridized carbons (Fsp3) is 0.615. The average Bonchev–Trinajstić information content (AvgIpc) is 2.17. The van der Waals surface area contributed by atoms with E-state index in [4.69, 9.17) is 5.11 Å². The average molecular weight is 210 g/mol. The van der Waals surface area contributed by atoms with Crippen molar-refractivity contribution in [2.75, 3.05) is 6.61 Å². The number of aliphatic hydroxyl groups is 1. The van der Waals surface area contributed by atoms with Crippen LogP contribution in [-0.4, -0.2) is 17.5 Å². The molecule has 0 aliphatic carbocycles. The molecule has 0 fully saturated rings. The Morgan fingerprint density at radius 2 is 1.53 bits per heavy atom. The predicted octanol–water partition coefficient (Wildman–Crippen LogP) is 3.02. The van der Waals surface area contributed by atoms with Crippen molar-refractivity contribution in [2.45, 2.75) is 46.5 Å². The van der Waals surface area contributed by atoms with Gasteiger partial charge in [-0.25, -0.2) is 0 Å². The SMILES string of the molecule is CC(=O)CCC=C(C)CCC=C(C)CO.